The predicted molar refractivity (Wildman–Crippen MR) is 43.7 cm³/mol. The van der Waals surface area contributed by atoms with Crippen molar-refractivity contribution in [2.75, 3.05) is 6.61 Å². The molecule has 1 unspecified atom stereocenters. The van der Waals surface area contributed by atoms with Crippen molar-refractivity contribution in [3.8, 4) is 0 Å². The van der Waals surface area contributed by atoms with E-state index in [9.17, 15) is 9.90 Å². The van der Waals surface area contributed by atoms with E-state index in [1.165, 1.54) is 6.92 Å². The highest BCUT2D eigenvalue weighted by molar-refractivity contribution is 5.68. The van der Waals surface area contributed by atoms with Crippen LogP contribution in [0.15, 0.2) is 0 Å². The van der Waals surface area contributed by atoms with Crippen LogP contribution in [0.1, 0.15) is 27.2 Å². The van der Waals surface area contributed by atoms with Gasteiger partial charge < -0.3 is 15.3 Å². The van der Waals surface area contributed by atoms with E-state index in [0.717, 1.165) is 0 Å². The first kappa shape index (κ1) is 11.4. The third-order valence-corrected chi connectivity index (χ3v) is 2.35. The highest BCUT2D eigenvalue weighted by Crippen LogP contribution is 2.32. The Morgan fingerprint density at radius 1 is 1.33 bits per heavy atom. The number of carboxylic acid groups (broad SMARTS) is 1. The van der Waals surface area contributed by atoms with Gasteiger partial charge in [0, 0.05) is 5.41 Å². The van der Waals surface area contributed by atoms with Gasteiger partial charge in [-0.1, -0.05) is 13.8 Å². The monoisotopic (exact) mass is 176 g/mol. The fourth-order valence-corrected chi connectivity index (χ4v) is 0.704. The second-order valence-corrected chi connectivity index (χ2v) is 3.89. The normalized spacial score (nSPS) is 17.1. The van der Waals surface area contributed by atoms with Gasteiger partial charge in [0.15, 0.2) is 0 Å². The first-order valence-electron chi connectivity index (χ1n) is 3.78. The minimum atomic E-state index is -1.38. The maximum absolute atomic E-state index is 10.3. The number of rotatable bonds is 4. The summed E-state index contributed by atoms with van der Waals surface area (Å²) in [6.45, 7) is 4.41. The maximum atomic E-state index is 10.3. The van der Waals surface area contributed by atoms with Crippen molar-refractivity contribution >= 4 is 5.97 Å². The van der Waals surface area contributed by atoms with Gasteiger partial charge in [0.1, 0.15) is 0 Å². The molecule has 12 heavy (non-hydrogen) atoms. The summed E-state index contributed by atoms with van der Waals surface area (Å²) in [5.74, 6) is -1.07. The van der Waals surface area contributed by atoms with E-state index in [0.29, 0.717) is 0 Å². The van der Waals surface area contributed by atoms with Crippen LogP contribution in [0.5, 0.6) is 0 Å². The summed E-state index contributed by atoms with van der Waals surface area (Å²) < 4.78 is 0. The number of aliphatic hydroxyl groups excluding tert-OH is 1. The van der Waals surface area contributed by atoms with Crippen molar-refractivity contribution in [1.29, 1.82) is 0 Å². The molecular formula is C8H16O4. The van der Waals surface area contributed by atoms with Crippen LogP contribution in [0.25, 0.3) is 0 Å². The zero-order chi connectivity index (χ0) is 9.99. The summed E-state index contributed by atoms with van der Waals surface area (Å²) in [6, 6.07) is 0. The van der Waals surface area contributed by atoms with E-state index in [4.69, 9.17) is 10.2 Å². The Morgan fingerprint density at radius 2 is 1.75 bits per heavy atom. The van der Waals surface area contributed by atoms with Crippen molar-refractivity contribution in [1.82, 2.24) is 0 Å². The minimum Gasteiger partial charge on any atom is -0.481 e. The number of aliphatic carboxylic acids is 1. The molecule has 0 spiro atoms. The lowest BCUT2D eigenvalue weighted by Gasteiger charge is -2.37. The number of carboxylic acids is 1. The molecule has 0 aromatic heterocycles. The van der Waals surface area contributed by atoms with E-state index in [1.807, 2.05) is 0 Å². The first-order valence-corrected chi connectivity index (χ1v) is 3.78. The zero-order valence-electron chi connectivity index (χ0n) is 7.66. The van der Waals surface area contributed by atoms with Gasteiger partial charge in [-0.05, 0) is 6.92 Å². The Balaban J connectivity index is 4.48. The van der Waals surface area contributed by atoms with Crippen LogP contribution in [-0.2, 0) is 4.79 Å². The molecule has 0 aliphatic rings. The second kappa shape index (κ2) is 3.41. The van der Waals surface area contributed by atoms with Crippen molar-refractivity contribution in [2.24, 2.45) is 5.41 Å². The lowest BCUT2D eigenvalue weighted by molar-refractivity contribution is -0.149. The molecule has 0 aliphatic heterocycles. The summed E-state index contributed by atoms with van der Waals surface area (Å²) in [6.07, 6.45) is -0.361. The molecule has 0 aromatic rings. The number of hydrogen-bond donors (Lipinski definition) is 3. The smallest absolute Gasteiger partial charge is 0.306 e. The molecule has 1 atom stereocenters. The summed E-state index contributed by atoms with van der Waals surface area (Å²) in [7, 11) is 0. The third kappa shape index (κ3) is 2.46. The number of carbonyl (C=O) groups is 1. The molecule has 4 nitrogen and oxygen atoms in total. The van der Waals surface area contributed by atoms with Crippen molar-refractivity contribution in [3.05, 3.63) is 0 Å². The standard InChI is InChI=1S/C8H16O4/c1-7(2,5-9)8(3,12)4-6(10)11/h9,12H,4-5H2,1-3H3,(H,10,11). The molecule has 3 N–H and O–H groups in total. The average molecular weight is 176 g/mol. The molecule has 0 aliphatic carbocycles. The van der Waals surface area contributed by atoms with Crippen LogP contribution in [0.3, 0.4) is 0 Å². The Morgan fingerprint density at radius 3 is 2.00 bits per heavy atom. The SMILES string of the molecule is CC(C)(CO)C(C)(O)CC(=O)O. The van der Waals surface area contributed by atoms with Gasteiger partial charge in [-0.15, -0.1) is 0 Å². The summed E-state index contributed by atoms with van der Waals surface area (Å²) >= 11 is 0. The van der Waals surface area contributed by atoms with E-state index in [-0.39, 0.29) is 13.0 Å². The largest absolute Gasteiger partial charge is 0.481 e. The van der Waals surface area contributed by atoms with Gasteiger partial charge in [0.2, 0.25) is 0 Å². The van der Waals surface area contributed by atoms with Gasteiger partial charge in [-0.2, -0.15) is 0 Å². The highest BCUT2D eigenvalue weighted by atomic mass is 16.4. The first-order chi connectivity index (χ1) is 5.23. The fourth-order valence-electron chi connectivity index (χ4n) is 0.704. The lowest BCUT2D eigenvalue weighted by Crippen LogP contribution is -2.45. The van der Waals surface area contributed by atoms with Crippen LogP contribution >= 0.6 is 0 Å². The molecule has 0 bridgehead atoms. The Bertz CT molecular complexity index is 172. The topological polar surface area (TPSA) is 77.8 Å². The van der Waals surface area contributed by atoms with E-state index >= 15 is 0 Å². The van der Waals surface area contributed by atoms with Gasteiger partial charge in [0.25, 0.3) is 0 Å². The Kier molecular flexibility index (Phi) is 3.24. The summed E-state index contributed by atoms with van der Waals surface area (Å²) in [5.41, 5.74) is -2.18. The zero-order valence-corrected chi connectivity index (χ0v) is 7.66. The Hall–Kier alpha value is -0.610. The molecule has 4 heteroatoms. The molecule has 0 rings (SSSR count). The highest BCUT2D eigenvalue weighted by Gasteiger charge is 2.40. The average Bonchev–Trinajstić information content (AvgIpc) is 1.84. The van der Waals surface area contributed by atoms with Crippen LogP contribution < -0.4 is 0 Å². The quantitative estimate of drug-likeness (QED) is 0.573. The molecule has 0 heterocycles. The minimum absolute atomic E-state index is 0.243. The van der Waals surface area contributed by atoms with Crippen molar-refractivity contribution in [3.63, 3.8) is 0 Å². The fraction of sp³-hybridized carbons (Fsp3) is 0.875. The second-order valence-electron chi connectivity index (χ2n) is 3.89. The van der Waals surface area contributed by atoms with Crippen LogP contribution in [-0.4, -0.2) is 33.5 Å². The molecule has 72 valence electrons. The summed E-state index contributed by atoms with van der Waals surface area (Å²) in [4.78, 5) is 10.3. The van der Waals surface area contributed by atoms with Gasteiger partial charge in [-0.25, -0.2) is 0 Å². The Labute approximate surface area is 71.8 Å². The lowest BCUT2D eigenvalue weighted by atomic mass is 9.75. The molecule has 0 amide bonds. The van der Waals surface area contributed by atoms with Crippen LogP contribution in [0, 0.1) is 5.41 Å². The maximum Gasteiger partial charge on any atom is 0.306 e. The van der Waals surface area contributed by atoms with Crippen LogP contribution in [0.2, 0.25) is 0 Å². The van der Waals surface area contributed by atoms with Gasteiger partial charge >= 0.3 is 5.97 Å². The van der Waals surface area contributed by atoms with E-state index < -0.39 is 17.0 Å². The predicted octanol–water partition coefficient (Wildman–Crippen LogP) is 0.231. The van der Waals surface area contributed by atoms with Crippen molar-refractivity contribution < 1.29 is 20.1 Å². The van der Waals surface area contributed by atoms with Gasteiger partial charge in [0.05, 0.1) is 18.6 Å². The number of hydrogen-bond acceptors (Lipinski definition) is 3. The third-order valence-electron chi connectivity index (χ3n) is 2.35. The molecule has 0 fully saturated rings. The molecule has 0 saturated heterocycles. The number of aliphatic hydroxyl groups is 2. The van der Waals surface area contributed by atoms with Crippen molar-refractivity contribution in [2.45, 2.75) is 32.8 Å². The molecule has 0 saturated carbocycles. The molecular weight excluding hydrogens is 160 g/mol. The summed E-state index contributed by atoms with van der Waals surface area (Å²) in [5, 5.41) is 27.0. The van der Waals surface area contributed by atoms with Crippen LogP contribution in [0.4, 0.5) is 0 Å². The van der Waals surface area contributed by atoms with E-state index in [2.05, 4.69) is 0 Å². The van der Waals surface area contributed by atoms with Gasteiger partial charge in [-0.3, -0.25) is 4.79 Å². The molecule has 0 radical (unpaired) electrons. The van der Waals surface area contributed by atoms with E-state index in [1.54, 1.807) is 13.8 Å². The molecule has 0 aromatic carbocycles.